The quantitative estimate of drug-likeness (QED) is 0.402. The molecule has 0 aromatic heterocycles. The standard InChI is InChI=1S/C34H36BNO2/c1-33(2)34(3,4)38-35(37-33)28-21-17-25(18-22-28)26-19-23-30(24-20-26)36(29-13-6-5-7-14-29)32-16-10-12-27-11-8-9-15-31(27)32/h5-11,13,15-24,27,29H,12,14H2,1-4H3. The van der Waals surface area contributed by atoms with Gasteiger partial charge in [-0.25, -0.2) is 0 Å². The molecule has 0 spiro atoms. The van der Waals surface area contributed by atoms with Crippen LogP contribution in [0.25, 0.3) is 11.1 Å². The smallest absolute Gasteiger partial charge is 0.399 e. The number of nitrogens with zero attached hydrogens (tertiary/aromatic N) is 1. The monoisotopic (exact) mass is 501 g/mol. The maximum Gasteiger partial charge on any atom is 0.494 e. The Kier molecular flexibility index (Phi) is 6.41. The summed E-state index contributed by atoms with van der Waals surface area (Å²) in [6.45, 7) is 8.36. The first-order valence-corrected chi connectivity index (χ1v) is 13.8. The molecule has 4 heteroatoms. The first kappa shape index (κ1) is 25.0. The third-order valence-corrected chi connectivity index (χ3v) is 8.56. The maximum absolute atomic E-state index is 6.23. The molecule has 38 heavy (non-hydrogen) atoms. The molecular formula is C34H36BNO2. The van der Waals surface area contributed by atoms with E-state index in [9.17, 15) is 0 Å². The Morgan fingerprint density at radius 1 is 0.711 bits per heavy atom. The van der Waals surface area contributed by atoms with Gasteiger partial charge in [-0.3, -0.25) is 0 Å². The van der Waals surface area contributed by atoms with Gasteiger partial charge in [0.05, 0.1) is 17.2 Å². The molecule has 1 aliphatic heterocycles. The van der Waals surface area contributed by atoms with Crippen LogP contribution in [0.5, 0.6) is 0 Å². The van der Waals surface area contributed by atoms with Gasteiger partial charge in [0.1, 0.15) is 0 Å². The minimum absolute atomic E-state index is 0.287. The number of benzene rings is 2. The zero-order valence-corrected chi connectivity index (χ0v) is 22.8. The highest BCUT2D eigenvalue weighted by Gasteiger charge is 2.51. The van der Waals surface area contributed by atoms with Gasteiger partial charge in [0.2, 0.25) is 0 Å². The van der Waals surface area contributed by atoms with Crippen LogP contribution in [0.3, 0.4) is 0 Å². The van der Waals surface area contributed by atoms with Crippen molar-refractivity contribution >= 4 is 18.3 Å². The van der Waals surface area contributed by atoms with E-state index in [1.165, 1.54) is 28.1 Å². The number of fused-ring (bicyclic) bond motifs is 1. The van der Waals surface area contributed by atoms with Crippen LogP contribution in [-0.2, 0) is 9.31 Å². The normalized spacial score (nSPS) is 24.7. The summed E-state index contributed by atoms with van der Waals surface area (Å²) in [6, 6.07) is 17.9. The Balaban J connectivity index is 1.28. The van der Waals surface area contributed by atoms with Gasteiger partial charge in [-0.1, -0.05) is 91.1 Å². The van der Waals surface area contributed by atoms with Gasteiger partial charge in [0.15, 0.2) is 0 Å². The average molecular weight is 501 g/mol. The molecule has 6 rings (SSSR count). The Morgan fingerprint density at radius 2 is 1.37 bits per heavy atom. The third-order valence-electron chi connectivity index (χ3n) is 8.56. The fraction of sp³-hybridized carbons (Fsp3) is 0.294. The van der Waals surface area contributed by atoms with Crippen LogP contribution in [-0.4, -0.2) is 24.4 Å². The molecule has 2 aromatic carbocycles. The number of hydrogen-bond donors (Lipinski definition) is 0. The highest BCUT2D eigenvalue weighted by atomic mass is 16.7. The summed E-state index contributed by atoms with van der Waals surface area (Å²) >= 11 is 0. The van der Waals surface area contributed by atoms with Crippen LogP contribution < -0.4 is 10.4 Å². The molecule has 2 unspecified atom stereocenters. The lowest BCUT2D eigenvalue weighted by molar-refractivity contribution is 0.00578. The van der Waals surface area contributed by atoms with Crippen LogP contribution in [0.2, 0.25) is 0 Å². The van der Waals surface area contributed by atoms with Gasteiger partial charge in [-0.2, -0.15) is 0 Å². The van der Waals surface area contributed by atoms with Crippen molar-refractivity contribution in [3.05, 3.63) is 121 Å². The molecule has 1 saturated heterocycles. The van der Waals surface area contributed by atoms with Gasteiger partial charge < -0.3 is 14.2 Å². The molecule has 0 bridgehead atoms. The summed E-state index contributed by atoms with van der Waals surface area (Å²) in [7, 11) is -0.340. The lowest BCUT2D eigenvalue weighted by atomic mass is 9.78. The Labute approximate surface area is 227 Å². The summed E-state index contributed by atoms with van der Waals surface area (Å²) in [5, 5.41) is 0. The SMILES string of the molecule is CC1(C)OB(c2ccc(-c3ccc(N(C4=C5C=CC=CC5CC=C4)C4C=CC=CC4)cc3)cc2)OC1(C)C. The van der Waals surface area contributed by atoms with Crippen LogP contribution >= 0.6 is 0 Å². The van der Waals surface area contributed by atoms with Crippen LogP contribution in [0.4, 0.5) is 5.69 Å². The van der Waals surface area contributed by atoms with E-state index in [0.29, 0.717) is 5.92 Å². The van der Waals surface area contributed by atoms with E-state index < -0.39 is 0 Å². The van der Waals surface area contributed by atoms with E-state index in [-0.39, 0.29) is 24.4 Å². The molecule has 3 nitrogen and oxygen atoms in total. The molecular weight excluding hydrogens is 465 g/mol. The van der Waals surface area contributed by atoms with Crippen molar-refractivity contribution in [2.45, 2.75) is 57.8 Å². The largest absolute Gasteiger partial charge is 0.494 e. The van der Waals surface area contributed by atoms with Gasteiger partial charge in [0.25, 0.3) is 0 Å². The van der Waals surface area contributed by atoms with Gasteiger partial charge in [0, 0.05) is 17.3 Å². The van der Waals surface area contributed by atoms with Crippen molar-refractivity contribution in [2.24, 2.45) is 5.92 Å². The van der Waals surface area contributed by atoms with Crippen LogP contribution in [0.1, 0.15) is 40.5 Å². The maximum atomic E-state index is 6.23. The van der Waals surface area contributed by atoms with E-state index in [4.69, 9.17) is 9.31 Å². The van der Waals surface area contributed by atoms with Crippen molar-refractivity contribution in [1.29, 1.82) is 0 Å². The highest BCUT2D eigenvalue weighted by Crippen LogP contribution is 2.38. The first-order valence-electron chi connectivity index (χ1n) is 13.8. The van der Waals surface area contributed by atoms with Gasteiger partial charge >= 0.3 is 7.12 Å². The fourth-order valence-electron chi connectivity index (χ4n) is 5.60. The molecule has 3 aliphatic carbocycles. The van der Waals surface area contributed by atoms with Crippen molar-refractivity contribution in [3.63, 3.8) is 0 Å². The third kappa shape index (κ3) is 4.57. The van der Waals surface area contributed by atoms with Crippen molar-refractivity contribution in [2.75, 3.05) is 4.90 Å². The van der Waals surface area contributed by atoms with E-state index in [0.717, 1.165) is 18.3 Å². The molecule has 2 aromatic rings. The Bertz CT molecular complexity index is 1360. The lowest BCUT2D eigenvalue weighted by Gasteiger charge is -2.37. The second kappa shape index (κ2) is 9.76. The van der Waals surface area contributed by atoms with Crippen molar-refractivity contribution in [1.82, 2.24) is 0 Å². The van der Waals surface area contributed by atoms with Gasteiger partial charge in [-0.15, -0.1) is 0 Å². The van der Waals surface area contributed by atoms with E-state index >= 15 is 0 Å². The zero-order valence-electron chi connectivity index (χ0n) is 22.8. The molecule has 1 heterocycles. The second-order valence-electron chi connectivity index (χ2n) is 11.6. The van der Waals surface area contributed by atoms with Crippen molar-refractivity contribution in [3.8, 4) is 11.1 Å². The second-order valence-corrected chi connectivity index (χ2v) is 11.6. The molecule has 1 fully saturated rings. The molecule has 4 aliphatic rings. The van der Waals surface area contributed by atoms with Crippen LogP contribution in [0, 0.1) is 5.92 Å². The van der Waals surface area contributed by atoms with Crippen LogP contribution in [0.15, 0.2) is 121 Å². The first-order chi connectivity index (χ1) is 18.3. The van der Waals surface area contributed by atoms with E-state index in [2.05, 4.69) is 142 Å². The minimum atomic E-state index is -0.340. The molecule has 0 amide bonds. The molecule has 0 N–H and O–H groups in total. The molecule has 0 saturated carbocycles. The molecule has 0 radical (unpaired) electrons. The fourth-order valence-corrected chi connectivity index (χ4v) is 5.60. The number of rotatable bonds is 5. The van der Waals surface area contributed by atoms with E-state index in [1.54, 1.807) is 0 Å². The summed E-state index contributed by atoms with van der Waals surface area (Å²) in [5.41, 5.74) is 6.67. The highest BCUT2D eigenvalue weighted by molar-refractivity contribution is 6.62. The number of allylic oxidation sites excluding steroid dienone is 9. The summed E-state index contributed by atoms with van der Waals surface area (Å²) in [5.74, 6) is 0.451. The van der Waals surface area contributed by atoms with Crippen molar-refractivity contribution < 1.29 is 9.31 Å². The zero-order chi connectivity index (χ0) is 26.3. The summed E-state index contributed by atoms with van der Waals surface area (Å²) in [6.07, 6.45) is 24.5. The Hall–Kier alpha value is -3.34. The average Bonchev–Trinajstić information content (AvgIpc) is 3.16. The minimum Gasteiger partial charge on any atom is -0.399 e. The summed E-state index contributed by atoms with van der Waals surface area (Å²) < 4.78 is 12.5. The molecule has 192 valence electrons. The predicted molar refractivity (Wildman–Crippen MR) is 159 cm³/mol. The summed E-state index contributed by atoms with van der Waals surface area (Å²) in [4.78, 5) is 2.51. The molecule has 2 atom stereocenters. The lowest BCUT2D eigenvalue weighted by Crippen LogP contribution is -2.41. The predicted octanol–water partition coefficient (Wildman–Crippen LogP) is 7.30. The number of anilines is 1. The van der Waals surface area contributed by atoms with Gasteiger partial charge in [-0.05, 0) is 80.9 Å². The van der Waals surface area contributed by atoms with E-state index in [1.807, 2.05) is 0 Å². The Morgan fingerprint density at radius 3 is 2.03 bits per heavy atom. The topological polar surface area (TPSA) is 21.7 Å². The number of hydrogen-bond acceptors (Lipinski definition) is 3.